The number of nitrogens with two attached hydrogens (primary N) is 1. The summed E-state index contributed by atoms with van der Waals surface area (Å²) in [7, 11) is 1.76. The Kier molecular flexibility index (Phi) is 9.37. The van der Waals surface area contributed by atoms with E-state index in [0.29, 0.717) is 24.5 Å². The topological polar surface area (TPSA) is 102 Å². The van der Waals surface area contributed by atoms with Gasteiger partial charge in [-0.1, -0.05) is 31.9 Å². The summed E-state index contributed by atoms with van der Waals surface area (Å²) >= 11 is 0. The summed E-state index contributed by atoms with van der Waals surface area (Å²) in [6.45, 7) is 14.6. The van der Waals surface area contributed by atoms with Gasteiger partial charge in [0.2, 0.25) is 5.95 Å². The summed E-state index contributed by atoms with van der Waals surface area (Å²) in [5, 5.41) is 3.50. The third-order valence-electron chi connectivity index (χ3n) is 9.43. The molecule has 5 heterocycles. The number of rotatable bonds is 12. The maximum atomic E-state index is 6.03. The summed E-state index contributed by atoms with van der Waals surface area (Å²) in [6.07, 6.45) is 9.95. The molecule has 1 fully saturated rings. The van der Waals surface area contributed by atoms with Crippen LogP contribution in [0.3, 0.4) is 0 Å². The molecule has 1 saturated heterocycles. The van der Waals surface area contributed by atoms with E-state index in [0.717, 1.165) is 93.2 Å². The predicted octanol–water partition coefficient (Wildman–Crippen LogP) is 5.47. The fourth-order valence-electron chi connectivity index (χ4n) is 6.86. The smallest absolute Gasteiger partial charge is 0.222 e. The molecule has 0 amide bonds. The van der Waals surface area contributed by atoms with E-state index < -0.39 is 0 Å². The number of likely N-dealkylation sites (tertiary alicyclic amines) is 1. The Hall–Kier alpha value is -3.63. The predicted molar refractivity (Wildman–Crippen MR) is 177 cm³/mol. The number of unbranched alkanes of at least 4 members (excludes halogenated alkanes) is 2. The zero-order valence-electron chi connectivity index (χ0n) is 26.9. The fraction of sp³-hybridized carbons (Fsp3) is 0.559. The third-order valence-corrected chi connectivity index (χ3v) is 9.43. The van der Waals surface area contributed by atoms with Crippen LogP contribution in [-0.4, -0.2) is 73.2 Å². The number of nitrogens with zero attached hydrogens (tertiary/aromatic N) is 7. The van der Waals surface area contributed by atoms with Crippen LogP contribution in [0.5, 0.6) is 5.75 Å². The Morgan fingerprint density at radius 3 is 2.66 bits per heavy atom. The SMILES string of the molecule is CCCCCNc1nc(N)nc2ccn(Cc3ccc(CN4CCC(c5ncc6n5CCN(C(C)C)C6)CC4)cc3OC)c12. The first-order chi connectivity index (χ1) is 21.4. The molecule has 0 saturated carbocycles. The van der Waals surface area contributed by atoms with Gasteiger partial charge in [-0.05, 0) is 63.9 Å². The van der Waals surface area contributed by atoms with Gasteiger partial charge in [-0.2, -0.15) is 4.98 Å². The molecule has 2 aliphatic rings. The maximum absolute atomic E-state index is 6.03. The number of benzene rings is 1. The van der Waals surface area contributed by atoms with Gasteiger partial charge in [0.15, 0.2) is 5.82 Å². The molecule has 0 radical (unpaired) electrons. The molecule has 0 unspecified atom stereocenters. The Balaban J connectivity index is 1.09. The first-order valence-electron chi connectivity index (χ1n) is 16.5. The Morgan fingerprint density at radius 1 is 1.05 bits per heavy atom. The van der Waals surface area contributed by atoms with E-state index in [4.69, 9.17) is 15.5 Å². The van der Waals surface area contributed by atoms with Crippen molar-refractivity contribution in [1.29, 1.82) is 0 Å². The average molecular weight is 600 g/mol. The number of nitrogen functional groups attached to an aromatic ring is 1. The van der Waals surface area contributed by atoms with Crippen molar-refractivity contribution < 1.29 is 4.74 Å². The van der Waals surface area contributed by atoms with Crippen LogP contribution in [0.2, 0.25) is 0 Å². The van der Waals surface area contributed by atoms with E-state index >= 15 is 0 Å². The molecule has 2 aliphatic heterocycles. The second-order valence-corrected chi connectivity index (χ2v) is 12.8. The molecule has 0 spiro atoms. The number of fused-ring (bicyclic) bond motifs is 2. The number of methoxy groups -OCH3 is 1. The maximum Gasteiger partial charge on any atom is 0.222 e. The van der Waals surface area contributed by atoms with Crippen LogP contribution in [0, 0.1) is 0 Å². The van der Waals surface area contributed by atoms with Gasteiger partial charge >= 0.3 is 0 Å². The zero-order valence-corrected chi connectivity index (χ0v) is 26.9. The number of aromatic nitrogens is 5. The van der Waals surface area contributed by atoms with E-state index in [1.165, 1.54) is 29.9 Å². The van der Waals surface area contributed by atoms with Gasteiger partial charge in [-0.15, -0.1) is 0 Å². The summed E-state index contributed by atoms with van der Waals surface area (Å²) in [5.74, 6) is 3.85. The average Bonchev–Trinajstić information content (AvgIpc) is 3.64. The van der Waals surface area contributed by atoms with Crippen LogP contribution in [0.1, 0.15) is 81.4 Å². The highest BCUT2D eigenvalue weighted by Crippen LogP contribution is 2.32. The molecule has 4 aromatic rings. The lowest BCUT2D eigenvalue weighted by atomic mass is 9.95. The number of anilines is 2. The largest absolute Gasteiger partial charge is 0.496 e. The standard InChI is InChI=1S/C34H49N9O/c1-5-6-7-13-36-32-31-29(38-34(35)39-32)12-16-42(31)22-27-9-8-25(19-30(27)44-4)21-40-14-10-26(11-15-40)33-37-20-28-23-41(24(2)3)17-18-43(28)33/h8-9,12,16,19-20,24,26H,5-7,10-11,13-15,17-18,21-23H2,1-4H3,(H3,35,36,38,39). The summed E-state index contributed by atoms with van der Waals surface area (Å²) < 4.78 is 10.6. The zero-order chi connectivity index (χ0) is 30.6. The number of hydrogen-bond donors (Lipinski definition) is 2. The van der Waals surface area contributed by atoms with Crippen molar-refractivity contribution in [3.8, 4) is 5.75 Å². The van der Waals surface area contributed by atoms with Crippen LogP contribution in [-0.2, 0) is 26.2 Å². The molecule has 3 aromatic heterocycles. The summed E-state index contributed by atoms with van der Waals surface area (Å²) in [4.78, 5) is 19.0. The molecule has 3 N–H and O–H groups in total. The van der Waals surface area contributed by atoms with Gasteiger partial charge in [-0.3, -0.25) is 9.80 Å². The molecule has 10 heteroatoms. The van der Waals surface area contributed by atoms with Gasteiger partial charge in [0, 0.05) is 62.6 Å². The number of ether oxygens (including phenoxy) is 1. The molecule has 1 aromatic carbocycles. The first kappa shape index (κ1) is 30.4. The Labute approximate surface area is 261 Å². The van der Waals surface area contributed by atoms with E-state index in [2.05, 4.69) is 85.6 Å². The lowest BCUT2D eigenvalue weighted by Gasteiger charge is -2.35. The molecule has 0 bridgehead atoms. The molecular formula is C34H49N9O. The number of hydrogen-bond acceptors (Lipinski definition) is 8. The minimum atomic E-state index is 0.293. The van der Waals surface area contributed by atoms with Gasteiger partial charge in [0.05, 0.1) is 24.9 Å². The fourth-order valence-corrected chi connectivity index (χ4v) is 6.86. The Morgan fingerprint density at radius 2 is 1.89 bits per heavy atom. The van der Waals surface area contributed by atoms with Gasteiger partial charge < -0.3 is 24.9 Å². The number of nitrogens with one attached hydrogen (secondary N) is 1. The lowest BCUT2D eigenvalue weighted by Crippen LogP contribution is -2.39. The van der Waals surface area contributed by atoms with E-state index in [9.17, 15) is 0 Å². The molecule has 236 valence electrons. The third kappa shape index (κ3) is 6.56. The van der Waals surface area contributed by atoms with Crippen LogP contribution in [0.25, 0.3) is 11.0 Å². The molecule has 44 heavy (non-hydrogen) atoms. The normalized spacial score (nSPS) is 16.6. The van der Waals surface area contributed by atoms with Crippen LogP contribution >= 0.6 is 0 Å². The van der Waals surface area contributed by atoms with Crippen molar-refractivity contribution in [2.45, 2.75) is 91.0 Å². The first-order valence-corrected chi connectivity index (χ1v) is 16.5. The van der Waals surface area contributed by atoms with Crippen LogP contribution in [0.15, 0.2) is 36.7 Å². The van der Waals surface area contributed by atoms with E-state index in [-0.39, 0.29) is 0 Å². The van der Waals surface area contributed by atoms with Crippen molar-refractivity contribution in [3.05, 3.63) is 59.3 Å². The lowest BCUT2D eigenvalue weighted by molar-refractivity contribution is 0.169. The quantitative estimate of drug-likeness (QED) is 0.207. The molecule has 0 aliphatic carbocycles. The van der Waals surface area contributed by atoms with Crippen molar-refractivity contribution in [3.63, 3.8) is 0 Å². The summed E-state index contributed by atoms with van der Waals surface area (Å²) in [5.41, 5.74) is 11.6. The van der Waals surface area contributed by atoms with Gasteiger partial charge in [0.25, 0.3) is 0 Å². The van der Waals surface area contributed by atoms with Crippen molar-refractivity contribution in [1.82, 2.24) is 33.9 Å². The van der Waals surface area contributed by atoms with Gasteiger partial charge in [-0.25, -0.2) is 9.97 Å². The van der Waals surface area contributed by atoms with Crippen molar-refractivity contribution in [2.24, 2.45) is 0 Å². The van der Waals surface area contributed by atoms with E-state index in [1.54, 1.807) is 7.11 Å². The van der Waals surface area contributed by atoms with Crippen LogP contribution in [0.4, 0.5) is 11.8 Å². The van der Waals surface area contributed by atoms with Crippen LogP contribution < -0.4 is 15.8 Å². The molecule has 10 nitrogen and oxygen atoms in total. The molecular weight excluding hydrogens is 550 g/mol. The Bertz CT molecular complexity index is 1550. The second kappa shape index (κ2) is 13.6. The minimum absolute atomic E-state index is 0.293. The minimum Gasteiger partial charge on any atom is -0.496 e. The summed E-state index contributed by atoms with van der Waals surface area (Å²) in [6, 6.07) is 9.25. The van der Waals surface area contributed by atoms with Gasteiger partial charge in [0.1, 0.15) is 17.1 Å². The van der Waals surface area contributed by atoms with Crippen molar-refractivity contribution in [2.75, 3.05) is 44.3 Å². The monoisotopic (exact) mass is 599 g/mol. The highest BCUT2D eigenvalue weighted by Gasteiger charge is 2.28. The second-order valence-electron chi connectivity index (χ2n) is 12.8. The molecule has 6 rings (SSSR count). The van der Waals surface area contributed by atoms with Crippen molar-refractivity contribution >= 4 is 22.8 Å². The molecule has 0 atom stereocenters. The highest BCUT2D eigenvalue weighted by atomic mass is 16.5. The van der Waals surface area contributed by atoms with E-state index in [1.807, 2.05) is 6.07 Å². The number of piperidine rings is 1. The number of imidazole rings is 1. The highest BCUT2D eigenvalue weighted by molar-refractivity contribution is 5.87.